The largest absolute Gasteiger partial charge is 0.324 e. The average Bonchev–Trinajstić information content (AvgIpc) is 2.88. The number of rotatable bonds is 5. The maximum Gasteiger partial charge on any atom is 0.131 e. The highest BCUT2D eigenvalue weighted by Crippen LogP contribution is 2.35. The molecule has 0 aliphatic heterocycles. The van der Waals surface area contributed by atoms with Crippen molar-refractivity contribution in [3.8, 4) is 0 Å². The first-order valence-corrected chi connectivity index (χ1v) is 7.15. The lowest BCUT2D eigenvalue weighted by molar-refractivity contribution is 0.492. The molecule has 0 bridgehead atoms. The third kappa shape index (κ3) is 2.76. The second-order valence-electron chi connectivity index (χ2n) is 4.51. The lowest BCUT2D eigenvalue weighted by Gasteiger charge is -2.20. The van der Waals surface area contributed by atoms with E-state index in [4.69, 9.17) is 5.73 Å². The highest BCUT2D eigenvalue weighted by molar-refractivity contribution is 7.11. The predicted molar refractivity (Wildman–Crippen MR) is 75.5 cm³/mol. The van der Waals surface area contributed by atoms with Crippen LogP contribution in [0.4, 0.5) is 0 Å². The smallest absolute Gasteiger partial charge is 0.131 e. The Balaban J connectivity index is 2.37. The number of aromatic nitrogens is 2. The maximum atomic E-state index is 5.62. The summed E-state index contributed by atoms with van der Waals surface area (Å²) in [5.41, 5.74) is 6.93. The van der Waals surface area contributed by atoms with Crippen molar-refractivity contribution < 1.29 is 0 Å². The van der Waals surface area contributed by atoms with Crippen molar-refractivity contribution in [2.75, 3.05) is 0 Å². The van der Waals surface area contributed by atoms with Crippen molar-refractivity contribution >= 4 is 11.3 Å². The van der Waals surface area contributed by atoms with Crippen LogP contribution in [0.1, 0.15) is 41.8 Å². The molecule has 2 N–H and O–H groups in total. The fourth-order valence-corrected chi connectivity index (χ4v) is 3.07. The van der Waals surface area contributed by atoms with Gasteiger partial charge in [-0.15, -0.1) is 10.2 Å². The SMILES string of the molecule is CCC(C)C(c1ccccc1)c1nnc(CN)s1. The van der Waals surface area contributed by atoms with Crippen LogP contribution in [0.2, 0.25) is 0 Å². The van der Waals surface area contributed by atoms with Gasteiger partial charge in [-0.05, 0) is 11.5 Å². The Morgan fingerprint density at radius 3 is 2.50 bits per heavy atom. The third-order valence-electron chi connectivity index (χ3n) is 3.29. The van der Waals surface area contributed by atoms with Crippen molar-refractivity contribution in [2.45, 2.75) is 32.7 Å². The molecular weight excluding hydrogens is 242 g/mol. The Bertz CT molecular complexity index is 481. The van der Waals surface area contributed by atoms with Gasteiger partial charge in [-0.1, -0.05) is 61.9 Å². The van der Waals surface area contributed by atoms with E-state index in [9.17, 15) is 0 Å². The minimum atomic E-state index is 0.328. The molecule has 0 saturated heterocycles. The fraction of sp³-hybridized carbons (Fsp3) is 0.429. The van der Waals surface area contributed by atoms with Crippen LogP contribution in [0.15, 0.2) is 30.3 Å². The average molecular weight is 261 g/mol. The van der Waals surface area contributed by atoms with Crippen molar-refractivity contribution in [1.82, 2.24) is 10.2 Å². The molecule has 1 aromatic heterocycles. The molecule has 0 radical (unpaired) electrons. The molecule has 2 rings (SSSR count). The Morgan fingerprint density at radius 2 is 1.94 bits per heavy atom. The highest BCUT2D eigenvalue weighted by atomic mass is 32.1. The molecule has 0 aliphatic rings. The number of nitrogens with zero attached hydrogens (tertiary/aromatic N) is 2. The Hall–Kier alpha value is -1.26. The molecule has 0 amide bonds. The van der Waals surface area contributed by atoms with Gasteiger partial charge in [0.25, 0.3) is 0 Å². The van der Waals surface area contributed by atoms with Gasteiger partial charge in [0.1, 0.15) is 10.0 Å². The third-order valence-corrected chi connectivity index (χ3v) is 4.32. The quantitative estimate of drug-likeness (QED) is 0.899. The lowest BCUT2D eigenvalue weighted by atomic mass is 9.86. The van der Waals surface area contributed by atoms with Gasteiger partial charge >= 0.3 is 0 Å². The first-order chi connectivity index (χ1) is 8.76. The first kappa shape index (κ1) is 13.2. The fourth-order valence-electron chi connectivity index (χ4n) is 2.09. The molecule has 0 aliphatic carbocycles. The Kier molecular flexibility index (Phi) is 4.44. The molecule has 0 spiro atoms. The van der Waals surface area contributed by atoms with Crippen LogP contribution in [-0.4, -0.2) is 10.2 Å². The summed E-state index contributed by atoms with van der Waals surface area (Å²) in [6.07, 6.45) is 1.12. The number of hydrogen-bond donors (Lipinski definition) is 1. The van der Waals surface area contributed by atoms with E-state index in [0.29, 0.717) is 18.4 Å². The topological polar surface area (TPSA) is 51.8 Å². The predicted octanol–water partition coefficient (Wildman–Crippen LogP) is 3.17. The molecular formula is C14H19N3S. The van der Waals surface area contributed by atoms with E-state index in [1.54, 1.807) is 11.3 Å². The molecule has 3 nitrogen and oxygen atoms in total. The normalized spacial score (nSPS) is 14.4. The summed E-state index contributed by atoms with van der Waals surface area (Å²) in [4.78, 5) is 0. The van der Waals surface area contributed by atoms with Crippen LogP contribution in [0.5, 0.6) is 0 Å². The standard InChI is InChI=1S/C14H19N3S/c1-3-10(2)13(11-7-5-4-6-8-11)14-17-16-12(9-15)18-14/h4-8,10,13H,3,9,15H2,1-2H3. The molecule has 2 unspecified atom stereocenters. The van der Waals surface area contributed by atoms with E-state index in [0.717, 1.165) is 16.4 Å². The zero-order valence-corrected chi connectivity index (χ0v) is 11.7. The van der Waals surface area contributed by atoms with Crippen molar-refractivity contribution in [1.29, 1.82) is 0 Å². The van der Waals surface area contributed by atoms with Gasteiger partial charge in [-0.2, -0.15) is 0 Å². The highest BCUT2D eigenvalue weighted by Gasteiger charge is 2.23. The molecule has 4 heteroatoms. The summed E-state index contributed by atoms with van der Waals surface area (Å²) in [5, 5.41) is 10.5. The summed E-state index contributed by atoms with van der Waals surface area (Å²) in [6.45, 7) is 4.95. The van der Waals surface area contributed by atoms with E-state index >= 15 is 0 Å². The van der Waals surface area contributed by atoms with Gasteiger partial charge in [0.05, 0.1) is 0 Å². The summed E-state index contributed by atoms with van der Waals surface area (Å²) < 4.78 is 0. The minimum absolute atomic E-state index is 0.328. The molecule has 0 saturated carbocycles. The van der Waals surface area contributed by atoms with E-state index < -0.39 is 0 Å². The van der Waals surface area contributed by atoms with Crippen LogP contribution in [0.25, 0.3) is 0 Å². The summed E-state index contributed by atoms with van der Waals surface area (Å²) in [7, 11) is 0. The minimum Gasteiger partial charge on any atom is -0.324 e. The zero-order valence-electron chi connectivity index (χ0n) is 10.8. The van der Waals surface area contributed by atoms with Gasteiger partial charge in [0.2, 0.25) is 0 Å². The summed E-state index contributed by atoms with van der Waals surface area (Å²) in [5.74, 6) is 0.875. The van der Waals surface area contributed by atoms with Crippen LogP contribution < -0.4 is 5.73 Å². The van der Waals surface area contributed by atoms with Gasteiger partial charge in [-0.25, -0.2) is 0 Å². The molecule has 2 atom stereocenters. The summed E-state index contributed by atoms with van der Waals surface area (Å²) >= 11 is 1.63. The van der Waals surface area contributed by atoms with Gasteiger partial charge in [-0.3, -0.25) is 0 Å². The lowest BCUT2D eigenvalue weighted by Crippen LogP contribution is -2.10. The van der Waals surface area contributed by atoms with Crippen LogP contribution in [0, 0.1) is 5.92 Å². The van der Waals surface area contributed by atoms with Gasteiger partial charge in [0.15, 0.2) is 0 Å². The number of hydrogen-bond acceptors (Lipinski definition) is 4. The van der Waals surface area contributed by atoms with Crippen molar-refractivity contribution in [3.63, 3.8) is 0 Å². The number of benzene rings is 1. The Labute approximate surface area is 112 Å². The van der Waals surface area contributed by atoms with Crippen LogP contribution >= 0.6 is 11.3 Å². The molecule has 96 valence electrons. The van der Waals surface area contributed by atoms with Crippen molar-refractivity contribution in [2.24, 2.45) is 11.7 Å². The monoisotopic (exact) mass is 261 g/mol. The molecule has 1 heterocycles. The van der Waals surface area contributed by atoms with E-state index in [1.807, 2.05) is 6.07 Å². The van der Waals surface area contributed by atoms with E-state index in [-0.39, 0.29) is 0 Å². The molecule has 18 heavy (non-hydrogen) atoms. The second kappa shape index (κ2) is 6.07. The van der Waals surface area contributed by atoms with Gasteiger partial charge in [0, 0.05) is 12.5 Å². The molecule has 0 fully saturated rings. The van der Waals surface area contributed by atoms with Crippen molar-refractivity contribution in [3.05, 3.63) is 45.9 Å². The van der Waals surface area contributed by atoms with Crippen LogP contribution in [0.3, 0.4) is 0 Å². The van der Waals surface area contributed by atoms with Gasteiger partial charge < -0.3 is 5.73 Å². The van der Waals surface area contributed by atoms with E-state index in [2.05, 4.69) is 48.3 Å². The molecule has 2 aromatic rings. The maximum absolute atomic E-state index is 5.62. The Morgan fingerprint density at radius 1 is 1.22 bits per heavy atom. The van der Waals surface area contributed by atoms with E-state index in [1.165, 1.54) is 5.56 Å². The van der Waals surface area contributed by atoms with Crippen LogP contribution in [-0.2, 0) is 6.54 Å². The zero-order chi connectivity index (χ0) is 13.0. The second-order valence-corrected chi connectivity index (χ2v) is 5.61. The summed E-state index contributed by atoms with van der Waals surface area (Å²) in [6, 6.07) is 10.5. The number of nitrogens with two attached hydrogens (primary N) is 1. The first-order valence-electron chi connectivity index (χ1n) is 6.33. The molecule has 1 aromatic carbocycles.